The van der Waals surface area contributed by atoms with Gasteiger partial charge in [0.2, 0.25) is 0 Å². The largest absolute Gasteiger partial charge is 0.392 e. The molecule has 2 atom stereocenters. The number of hydrogen-bond donors (Lipinski definition) is 2. The number of nitrogens with one attached hydrogen (secondary N) is 1. The van der Waals surface area contributed by atoms with Crippen LogP contribution in [0.1, 0.15) is 13.8 Å². The molecule has 0 aliphatic rings. The number of hydrogen-bond acceptors (Lipinski definition) is 3. The van der Waals surface area contributed by atoms with Gasteiger partial charge < -0.3 is 10.4 Å². The monoisotopic (exact) mass is 179 g/mol. The molecular weight excluding hydrogens is 162 g/mol. The lowest BCUT2D eigenvalue weighted by molar-refractivity contribution is 0.192. The van der Waals surface area contributed by atoms with Crippen LogP contribution in [0.4, 0.5) is 0 Å². The highest BCUT2D eigenvalue weighted by atomic mass is 32.2. The lowest BCUT2D eigenvalue weighted by atomic mass is 10.4. The summed E-state index contributed by atoms with van der Waals surface area (Å²) in [5, 5.41) is 11.8. The molecular formula is C7H17NO2S. The first-order chi connectivity index (χ1) is 5.16. The van der Waals surface area contributed by atoms with Crippen molar-refractivity contribution in [2.75, 3.05) is 24.6 Å². The zero-order chi connectivity index (χ0) is 8.69. The Morgan fingerprint density at radius 3 is 2.73 bits per heavy atom. The van der Waals surface area contributed by atoms with E-state index in [1.807, 2.05) is 6.92 Å². The smallest absolute Gasteiger partial charge is 0.0636 e. The molecule has 2 N–H and O–H groups in total. The van der Waals surface area contributed by atoms with E-state index in [0.717, 1.165) is 12.3 Å². The molecule has 4 heteroatoms. The third-order valence-electron chi connectivity index (χ3n) is 1.27. The van der Waals surface area contributed by atoms with E-state index in [9.17, 15) is 4.21 Å². The van der Waals surface area contributed by atoms with Crippen LogP contribution in [0, 0.1) is 0 Å². The van der Waals surface area contributed by atoms with Crippen molar-refractivity contribution < 1.29 is 9.32 Å². The summed E-state index contributed by atoms with van der Waals surface area (Å²) in [5.41, 5.74) is 0. The quantitative estimate of drug-likeness (QED) is 0.552. The Morgan fingerprint density at radius 1 is 1.64 bits per heavy atom. The van der Waals surface area contributed by atoms with Crippen LogP contribution in [-0.2, 0) is 10.8 Å². The zero-order valence-electron chi connectivity index (χ0n) is 7.17. The third kappa shape index (κ3) is 7.97. The van der Waals surface area contributed by atoms with Crippen molar-refractivity contribution in [2.24, 2.45) is 0 Å². The van der Waals surface area contributed by atoms with Gasteiger partial charge in [-0.05, 0) is 6.92 Å². The first kappa shape index (κ1) is 11.1. The van der Waals surface area contributed by atoms with Crippen LogP contribution in [0.15, 0.2) is 0 Å². The molecule has 0 fully saturated rings. The van der Waals surface area contributed by atoms with E-state index in [2.05, 4.69) is 5.32 Å². The van der Waals surface area contributed by atoms with Crippen LogP contribution >= 0.6 is 0 Å². The van der Waals surface area contributed by atoms with E-state index in [1.165, 1.54) is 0 Å². The Kier molecular flexibility index (Phi) is 6.80. The number of rotatable bonds is 6. The molecule has 0 aromatic carbocycles. The molecule has 0 amide bonds. The lowest BCUT2D eigenvalue weighted by Gasteiger charge is -2.05. The van der Waals surface area contributed by atoms with Crippen LogP contribution in [0.25, 0.3) is 0 Å². The van der Waals surface area contributed by atoms with Crippen LogP contribution in [0.2, 0.25) is 0 Å². The fraction of sp³-hybridized carbons (Fsp3) is 1.00. The molecule has 0 heterocycles. The lowest BCUT2D eigenvalue weighted by Crippen LogP contribution is -2.28. The Hall–Kier alpha value is 0.0700. The van der Waals surface area contributed by atoms with Crippen LogP contribution in [0.3, 0.4) is 0 Å². The highest BCUT2D eigenvalue weighted by Crippen LogP contribution is 1.80. The van der Waals surface area contributed by atoms with E-state index < -0.39 is 10.8 Å². The highest BCUT2D eigenvalue weighted by Gasteiger charge is 1.96. The molecule has 0 spiro atoms. The van der Waals surface area contributed by atoms with Gasteiger partial charge in [0.15, 0.2) is 0 Å². The van der Waals surface area contributed by atoms with Gasteiger partial charge in [-0.1, -0.05) is 6.92 Å². The van der Waals surface area contributed by atoms with Gasteiger partial charge in [0.1, 0.15) is 0 Å². The molecule has 0 saturated heterocycles. The van der Waals surface area contributed by atoms with E-state index in [1.54, 1.807) is 6.92 Å². The summed E-state index contributed by atoms with van der Waals surface area (Å²) in [6.45, 7) is 4.95. The minimum atomic E-state index is -0.686. The van der Waals surface area contributed by atoms with E-state index in [-0.39, 0.29) is 6.10 Å². The van der Waals surface area contributed by atoms with Crippen molar-refractivity contribution in [3.05, 3.63) is 0 Å². The minimum Gasteiger partial charge on any atom is -0.392 e. The van der Waals surface area contributed by atoms with E-state index in [4.69, 9.17) is 5.11 Å². The number of aliphatic hydroxyl groups is 1. The maximum Gasteiger partial charge on any atom is 0.0636 e. The Balaban J connectivity index is 3.08. The van der Waals surface area contributed by atoms with Crippen molar-refractivity contribution in [1.29, 1.82) is 0 Å². The van der Waals surface area contributed by atoms with Crippen molar-refractivity contribution in [2.45, 2.75) is 20.0 Å². The third-order valence-corrected chi connectivity index (χ3v) is 2.57. The van der Waals surface area contributed by atoms with E-state index in [0.29, 0.717) is 12.3 Å². The van der Waals surface area contributed by atoms with Crippen LogP contribution in [0.5, 0.6) is 0 Å². The average molecular weight is 179 g/mol. The van der Waals surface area contributed by atoms with Crippen molar-refractivity contribution in [3.63, 3.8) is 0 Å². The Labute approximate surface area is 70.6 Å². The van der Waals surface area contributed by atoms with Gasteiger partial charge in [0.25, 0.3) is 0 Å². The second-order valence-electron chi connectivity index (χ2n) is 2.49. The highest BCUT2D eigenvalue weighted by molar-refractivity contribution is 7.84. The summed E-state index contributed by atoms with van der Waals surface area (Å²) in [7, 11) is -0.686. The van der Waals surface area contributed by atoms with E-state index >= 15 is 0 Å². The van der Waals surface area contributed by atoms with Crippen LogP contribution in [-0.4, -0.2) is 40.0 Å². The molecule has 2 unspecified atom stereocenters. The Bertz CT molecular complexity index is 117. The molecule has 3 nitrogen and oxygen atoms in total. The van der Waals surface area contributed by atoms with Crippen molar-refractivity contribution in [3.8, 4) is 0 Å². The summed E-state index contributed by atoms with van der Waals surface area (Å²) in [6, 6.07) is 0. The summed E-state index contributed by atoms with van der Waals surface area (Å²) >= 11 is 0. The summed E-state index contributed by atoms with van der Waals surface area (Å²) in [6.07, 6.45) is -0.315. The SMILES string of the molecule is CCS(=O)CCNCC(C)O. The second-order valence-corrected chi connectivity index (χ2v) is 4.35. The maximum absolute atomic E-state index is 10.9. The normalized spacial score (nSPS) is 16.3. The Morgan fingerprint density at radius 2 is 2.27 bits per heavy atom. The molecule has 0 aromatic rings. The van der Waals surface area contributed by atoms with Gasteiger partial charge in [0, 0.05) is 35.4 Å². The van der Waals surface area contributed by atoms with Crippen molar-refractivity contribution >= 4 is 10.8 Å². The van der Waals surface area contributed by atoms with Crippen LogP contribution < -0.4 is 5.32 Å². The molecule has 0 aliphatic heterocycles. The fourth-order valence-electron chi connectivity index (χ4n) is 0.641. The van der Waals surface area contributed by atoms with Gasteiger partial charge in [0.05, 0.1) is 6.10 Å². The number of aliphatic hydroxyl groups excluding tert-OH is 1. The standard InChI is InChI=1S/C7H17NO2S/c1-3-11(10)5-4-8-6-7(2)9/h7-9H,3-6H2,1-2H3. The second kappa shape index (κ2) is 6.76. The summed E-state index contributed by atoms with van der Waals surface area (Å²) < 4.78 is 10.9. The molecule has 68 valence electrons. The zero-order valence-corrected chi connectivity index (χ0v) is 7.99. The van der Waals surface area contributed by atoms with Gasteiger partial charge in [-0.15, -0.1) is 0 Å². The van der Waals surface area contributed by atoms with Gasteiger partial charge in [-0.3, -0.25) is 4.21 Å². The predicted molar refractivity (Wildman–Crippen MR) is 48.1 cm³/mol. The molecule has 0 aliphatic carbocycles. The summed E-state index contributed by atoms with van der Waals surface area (Å²) in [5.74, 6) is 1.40. The van der Waals surface area contributed by atoms with Gasteiger partial charge in [-0.2, -0.15) is 0 Å². The average Bonchev–Trinajstić information content (AvgIpc) is 1.97. The molecule has 0 rings (SSSR count). The first-order valence-electron chi connectivity index (χ1n) is 3.90. The van der Waals surface area contributed by atoms with Gasteiger partial charge in [-0.25, -0.2) is 0 Å². The first-order valence-corrected chi connectivity index (χ1v) is 5.39. The minimum absolute atomic E-state index is 0.315. The van der Waals surface area contributed by atoms with Crippen molar-refractivity contribution in [1.82, 2.24) is 5.32 Å². The maximum atomic E-state index is 10.9. The predicted octanol–water partition coefficient (Wildman–Crippen LogP) is -0.275. The molecule has 0 saturated carbocycles. The molecule has 0 aromatic heterocycles. The molecule has 11 heavy (non-hydrogen) atoms. The molecule has 0 bridgehead atoms. The molecule has 0 radical (unpaired) electrons. The topological polar surface area (TPSA) is 49.3 Å². The van der Waals surface area contributed by atoms with Gasteiger partial charge >= 0.3 is 0 Å². The fourth-order valence-corrected chi connectivity index (χ4v) is 1.30. The summed E-state index contributed by atoms with van der Waals surface area (Å²) in [4.78, 5) is 0.